The van der Waals surface area contributed by atoms with Crippen LogP contribution in [0.15, 0.2) is 47.4 Å². The zero-order valence-electron chi connectivity index (χ0n) is 15.0. The van der Waals surface area contributed by atoms with Gasteiger partial charge in [0.1, 0.15) is 5.75 Å². The molecule has 0 aromatic heterocycles. The van der Waals surface area contributed by atoms with Crippen molar-refractivity contribution in [2.75, 3.05) is 18.5 Å². The van der Waals surface area contributed by atoms with Crippen molar-refractivity contribution in [1.82, 2.24) is 4.31 Å². The summed E-state index contributed by atoms with van der Waals surface area (Å²) in [4.78, 5) is 12.5. The molecule has 1 amide bonds. The van der Waals surface area contributed by atoms with E-state index in [1.807, 2.05) is 0 Å². The number of nitrogens with zero attached hydrogens (tertiary/aromatic N) is 1. The lowest BCUT2D eigenvalue weighted by Crippen LogP contribution is -2.45. The maximum absolute atomic E-state index is 13.0. The van der Waals surface area contributed by atoms with E-state index in [0.29, 0.717) is 18.0 Å². The lowest BCUT2D eigenvalue weighted by Gasteiger charge is -2.33. The van der Waals surface area contributed by atoms with Gasteiger partial charge >= 0.3 is 0 Å². The minimum atomic E-state index is -3.84. The Labute approximate surface area is 168 Å². The van der Waals surface area contributed by atoms with Gasteiger partial charge in [-0.25, -0.2) is 8.42 Å². The number of rotatable bonds is 5. The van der Waals surface area contributed by atoms with Crippen LogP contribution >= 0.6 is 11.6 Å². The zero-order valence-corrected chi connectivity index (χ0v) is 16.6. The number of aliphatic hydroxyl groups excluding tert-OH is 1. The standard InChI is InChI=1S/C19H21ClN2O5S/c20-14-7-8-18(24)17(11-14)21-19(25)13-4-3-6-16(10-13)28(26,27)22-9-2-1-5-15(22)12-23/h3-4,6-8,10-11,15,23-24H,1-2,5,9,12H2,(H,21,25). The quantitative estimate of drug-likeness (QED) is 0.640. The molecule has 2 aromatic rings. The van der Waals surface area contributed by atoms with Gasteiger partial charge in [0.05, 0.1) is 17.2 Å². The van der Waals surface area contributed by atoms with Crippen molar-refractivity contribution in [3.63, 3.8) is 0 Å². The van der Waals surface area contributed by atoms with Gasteiger partial charge in [-0.2, -0.15) is 4.31 Å². The number of carbonyl (C=O) groups excluding carboxylic acids is 1. The van der Waals surface area contributed by atoms with Gasteiger partial charge in [0.2, 0.25) is 10.0 Å². The van der Waals surface area contributed by atoms with Crippen LogP contribution in [0.4, 0.5) is 5.69 Å². The van der Waals surface area contributed by atoms with Gasteiger partial charge in [0, 0.05) is 23.2 Å². The Balaban J connectivity index is 1.87. The average molecular weight is 425 g/mol. The minimum absolute atomic E-state index is 0.0178. The number of anilines is 1. The SMILES string of the molecule is O=C(Nc1cc(Cl)ccc1O)c1cccc(S(=O)(=O)N2CCCCC2CO)c1. The van der Waals surface area contributed by atoms with E-state index < -0.39 is 22.0 Å². The molecule has 1 unspecified atom stereocenters. The van der Waals surface area contributed by atoms with E-state index >= 15 is 0 Å². The molecule has 0 aliphatic carbocycles. The number of halogens is 1. The summed E-state index contributed by atoms with van der Waals surface area (Å²) in [5, 5.41) is 22.2. The van der Waals surface area contributed by atoms with Crippen LogP contribution in [0.25, 0.3) is 0 Å². The molecule has 9 heteroatoms. The lowest BCUT2D eigenvalue weighted by molar-refractivity contribution is 0.102. The molecule has 7 nitrogen and oxygen atoms in total. The van der Waals surface area contributed by atoms with Crippen LogP contribution < -0.4 is 5.32 Å². The molecule has 1 aliphatic rings. The molecular weight excluding hydrogens is 404 g/mol. The number of phenolic OH excluding ortho intramolecular Hbond substituents is 1. The molecule has 28 heavy (non-hydrogen) atoms. The lowest BCUT2D eigenvalue weighted by atomic mass is 10.1. The molecule has 0 saturated carbocycles. The monoisotopic (exact) mass is 424 g/mol. The number of benzene rings is 2. The van der Waals surface area contributed by atoms with Gasteiger partial charge in [0.15, 0.2) is 0 Å². The fourth-order valence-electron chi connectivity index (χ4n) is 3.21. The second-order valence-corrected chi connectivity index (χ2v) is 8.92. The fraction of sp³-hybridized carbons (Fsp3) is 0.316. The van der Waals surface area contributed by atoms with Gasteiger partial charge in [-0.15, -0.1) is 0 Å². The van der Waals surface area contributed by atoms with Gasteiger partial charge < -0.3 is 15.5 Å². The molecule has 0 bridgehead atoms. The normalized spacial score (nSPS) is 18.0. The van der Waals surface area contributed by atoms with E-state index in [1.165, 1.54) is 46.8 Å². The maximum Gasteiger partial charge on any atom is 0.255 e. The molecule has 150 valence electrons. The number of hydrogen-bond donors (Lipinski definition) is 3. The molecule has 1 atom stereocenters. The first-order valence-corrected chi connectivity index (χ1v) is 10.7. The highest BCUT2D eigenvalue weighted by Gasteiger charge is 2.33. The summed E-state index contributed by atoms with van der Waals surface area (Å²) >= 11 is 5.88. The second-order valence-electron chi connectivity index (χ2n) is 6.59. The molecule has 1 heterocycles. The molecular formula is C19H21ClN2O5S. The summed E-state index contributed by atoms with van der Waals surface area (Å²) in [6.07, 6.45) is 2.19. The highest BCUT2D eigenvalue weighted by molar-refractivity contribution is 7.89. The van der Waals surface area contributed by atoms with Crippen molar-refractivity contribution >= 4 is 33.2 Å². The number of aliphatic hydroxyl groups is 1. The third-order valence-corrected chi connectivity index (χ3v) is 6.88. The van der Waals surface area contributed by atoms with E-state index in [4.69, 9.17) is 11.6 Å². The molecule has 0 radical (unpaired) electrons. The zero-order chi connectivity index (χ0) is 20.3. The van der Waals surface area contributed by atoms with Crippen LogP contribution in [0.1, 0.15) is 29.6 Å². The summed E-state index contributed by atoms with van der Waals surface area (Å²) in [6.45, 7) is 0.0911. The number of hydrogen-bond acceptors (Lipinski definition) is 5. The second kappa shape index (κ2) is 8.48. The summed E-state index contributed by atoms with van der Waals surface area (Å²) in [5.41, 5.74) is 0.250. The predicted molar refractivity (Wildman–Crippen MR) is 106 cm³/mol. The number of piperidine rings is 1. The number of carbonyl (C=O) groups is 1. The molecule has 1 fully saturated rings. The molecule has 3 N–H and O–H groups in total. The highest BCUT2D eigenvalue weighted by Crippen LogP contribution is 2.28. The van der Waals surface area contributed by atoms with E-state index in [-0.39, 0.29) is 28.5 Å². The van der Waals surface area contributed by atoms with E-state index in [1.54, 1.807) is 0 Å². The first-order chi connectivity index (χ1) is 13.3. The van der Waals surface area contributed by atoms with Crippen molar-refractivity contribution in [2.45, 2.75) is 30.2 Å². The molecule has 1 aliphatic heterocycles. The summed E-state index contributed by atoms with van der Waals surface area (Å²) in [6, 6.07) is 9.45. The van der Waals surface area contributed by atoms with Gasteiger partial charge in [-0.3, -0.25) is 4.79 Å². The third kappa shape index (κ3) is 4.30. The molecule has 1 saturated heterocycles. The van der Waals surface area contributed by atoms with E-state index in [9.17, 15) is 23.4 Å². The third-order valence-electron chi connectivity index (χ3n) is 4.69. The predicted octanol–water partition coefficient (Wildman–Crippen LogP) is 2.83. The Bertz CT molecular complexity index is 980. The first-order valence-electron chi connectivity index (χ1n) is 8.85. The average Bonchev–Trinajstić information content (AvgIpc) is 2.70. The number of nitrogens with one attached hydrogen (secondary N) is 1. The summed E-state index contributed by atoms with van der Waals surface area (Å²) in [5.74, 6) is -0.729. The van der Waals surface area contributed by atoms with Crippen molar-refractivity contribution < 1.29 is 23.4 Å². The van der Waals surface area contributed by atoms with Crippen LogP contribution in [0.2, 0.25) is 5.02 Å². The van der Waals surface area contributed by atoms with E-state index in [2.05, 4.69) is 5.32 Å². The summed E-state index contributed by atoms with van der Waals surface area (Å²) in [7, 11) is -3.84. The molecule has 0 spiro atoms. The Morgan fingerprint density at radius 2 is 2.00 bits per heavy atom. The van der Waals surface area contributed by atoms with Crippen molar-refractivity contribution in [2.24, 2.45) is 0 Å². The van der Waals surface area contributed by atoms with E-state index in [0.717, 1.165) is 12.8 Å². The Morgan fingerprint density at radius 1 is 1.21 bits per heavy atom. The fourth-order valence-corrected chi connectivity index (χ4v) is 5.11. The summed E-state index contributed by atoms with van der Waals surface area (Å²) < 4.78 is 27.3. The van der Waals surface area contributed by atoms with Crippen LogP contribution in [0, 0.1) is 0 Å². The van der Waals surface area contributed by atoms with Crippen LogP contribution in [-0.2, 0) is 10.0 Å². The highest BCUT2D eigenvalue weighted by atomic mass is 35.5. The number of aromatic hydroxyl groups is 1. The first kappa shape index (κ1) is 20.6. The number of phenols is 1. The Hall–Kier alpha value is -2.13. The van der Waals surface area contributed by atoms with Gasteiger partial charge in [-0.1, -0.05) is 24.1 Å². The minimum Gasteiger partial charge on any atom is -0.506 e. The smallest absolute Gasteiger partial charge is 0.255 e. The topological polar surface area (TPSA) is 107 Å². The Morgan fingerprint density at radius 3 is 2.75 bits per heavy atom. The van der Waals surface area contributed by atoms with Crippen molar-refractivity contribution in [3.05, 3.63) is 53.1 Å². The van der Waals surface area contributed by atoms with Crippen LogP contribution in [-0.4, -0.2) is 48.0 Å². The van der Waals surface area contributed by atoms with Gasteiger partial charge in [-0.05, 0) is 49.2 Å². The Kier molecular flexibility index (Phi) is 6.24. The number of amides is 1. The maximum atomic E-state index is 13.0. The van der Waals surface area contributed by atoms with Crippen LogP contribution in [0.3, 0.4) is 0 Å². The number of sulfonamides is 1. The van der Waals surface area contributed by atoms with Crippen molar-refractivity contribution in [1.29, 1.82) is 0 Å². The van der Waals surface area contributed by atoms with Crippen LogP contribution in [0.5, 0.6) is 5.75 Å². The largest absolute Gasteiger partial charge is 0.506 e. The molecule has 3 rings (SSSR count). The van der Waals surface area contributed by atoms with Gasteiger partial charge in [0.25, 0.3) is 5.91 Å². The molecule has 2 aromatic carbocycles. The van der Waals surface area contributed by atoms with Crippen molar-refractivity contribution in [3.8, 4) is 5.75 Å².